The van der Waals surface area contributed by atoms with Gasteiger partial charge in [0, 0.05) is 0 Å². The summed E-state index contributed by atoms with van der Waals surface area (Å²) in [5, 5.41) is 5.10. The lowest BCUT2D eigenvalue weighted by atomic mass is 9.92. The maximum absolute atomic E-state index is 13.3. The zero-order valence-corrected chi connectivity index (χ0v) is 11.8. The molecule has 0 unspecified atom stereocenters. The Kier molecular flexibility index (Phi) is 5.56. The van der Waals surface area contributed by atoms with Gasteiger partial charge in [0.25, 0.3) is 0 Å². The van der Waals surface area contributed by atoms with Crippen molar-refractivity contribution in [1.29, 1.82) is 0 Å². The van der Waals surface area contributed by atoms with Crippen LogP contribution < -0.4 is 10.6 Å². The molecule has 0 aliphatic carbocycles. The van der Waals surface area contributed by atoms with Gasteiger partial charge in [-0.25, -0.2) is 13.2 Å². The van der Waals surface area contributed by atoms with E-state index in [-0.39, 0.29) is 17.6 Å². The second-order valence-corrected chi connectivity index (χ2v) is 5.76. The van der Waals surface area contributed by atoms with E-state index < -0.39 is 23.4 Å². The van der Waals surface area contributed by atoms with E-state index in [2.05, 4.69) is 31.4 Å². The molecule has 1 amide bonds. The molecular formula is C14H19F3N2O. The van der Waals surface area contributed by atoms with Crippen molar-refractivity contribution >= 4 is 11.6 Å². The minimum Gasteiger partial charge on any atom is -0.322 e. The summed E-state index contributed by atoms with van der Waals surface area (Å²) in [6.07, 6.45) is 0.875. The third kappa shape index (κ3) is 5.21. The molecule has 0 aliphatic rings. The summed E-state index contributed by atoms with van der Waals surface area (Å²) in [6.45, 7) is 6.84. The summed E-state index contributed by atoms with van der Waals surface area (Å²) in [4.78, 5) is 11.5. The third-order valence-electron chi connectivity index (χ3n) is 2.65. The first kappa shape index (κ1) is 16.5. The molecule has 0 bridgehead atoms. The minimum atomic E-state index is -1.59. The molecule has 0 aliphatic heterocycles. The molecule has 0 fully saturated rings. The van der Waals surface area contributed by atoms with Gasteiger partial charge in [-0.3, -0.25) is 4.79 Å². The molecule has 1 aromatic carbocycles. The first-order valence-corrected chi connectivity index (χ1v) is 6.35. The Hall–Kier alpha value is -1.56. The summed E-state index contributed by atoms with van der Waals surface area (Å²) in [5.74, 6) is -4.79. The van der Waals surface area contributed by atoms with Crippen LogP contribution in [0, 0.1) is 22.9 Å². The Balaban J connectivity index is 2.45. The summed E-state index contributed by atoms with van der Waals surface area (Å²) in [6, 6.07) is 1.75. The van der Waals surface area contributed by atoms with E-state index >= 15 is 0 Å². The number of nitrogens with one attached hydrogen (secondary N) is 2. The van der Waals surface area contributed by atoms with Crippen LogP contribution in [-0.2, 0) is 4.79 Å². The van der Waals surface area contributed by atoms with Crippen LogP contribution in [0.25, 0.3) is 0 Å². The molecule has 0 heterocycles. The van der Waals surface area contributed by atoms with Gasteiger partial charge in [0.2, 0.25) is 5.91 Å². The lowest BCUT2D eigenvalue weighted by Crippen LogP contribution is -2.30. The molecule has 0 atom stereocenters. The fourth-order valence-corrected chi connectivity index (χ4v) is 1.48. The average Bonchev–Trinajstić information content (AvgIpc) is 2.34. The smallest absolute Gasteiger partial charge is 0.238 e. The van der Waals surface area contributed by atoms with E-state index in [1.165, 1.54) is 0 Å². The fraction of sp³-hybridized carbons (Fsp3) is 0.500. The lowest BCUT2D eigenvalue weighted by Gasteiger charge is -2.18. The summed E-state index contributed by atoms with van der Waals surface area (Å²) in [7, 11) is 0. The maximum Gasteiger partial charge on any atom is 0.238 e. The van der Waals surface area contributed by atoms with E-state index in [4.69, 9.17) is 0 Å². The molecule has 0 spiro atoms. The summed E-state index contributed by atoms with van der Waals surface area (Å²) in [5.41, 5.74) is -0.220. The van der Waals surface area contributed by atoms with Gasteiger partial charge in [-0.1, -0.05) is 20.8 Å². The molecule has 1 rings (SSSR count). The van der Waals surface area contributed by atoms with Crippen LogP contribution in [0.1, 0.15) is 27.2 Å². The molecule has 0 aromatic heterocycles. The standard InChI is InChI=1S/C14H19F3N2O/c1-14(2,3)6-7-18-8-11(20)19-10-5-4-9(15)12(16)13(10)17/h4-5,18H,6-8H2,1-3H3,(H,19,20). The van der Waals surface area contributed by atoms with Crippen LogP contribution in [0.2, 0.25) is 0 Å². The van der Waals surface area contributed by atoms with Gasteiger partial charge in [0.05, 0.1) is 12.2 Å². The summed E-state index contributed by atoms with van der Waals surface area (Å²) >= 11 is 0. The highest BCUT2D eigenvalue weighted by Gasteiger charge is 2.15. The first-order chi connectivity index (χ1) is 9.20. The Labute approximate surface area is 116 Å². The van der Waals surface area contributed by atoms with Crippen LogP contribution in [0.3, 0.4) is 0 Å². The molecule has 0 saturated carbocycles. The number of halogens is 3. The van der Waals surface area contributed by atoms with Crippen molar-refractivity contribution in [2.75, 3.05) is 18.4 Å². The molecule has 3 nitrogen and oxygen atoms in total. The van der Waals surface area contributed by atoms with E-state index in [1.807, 2.05) is 0 Å². The first-order valence-electron chi connectivity index (χ1n) is 6.35. The van der Waals surface area contributed by atoms with E-state index in [0.29, 0.717) is 6.54 Å². The predicted octanol–water partition coefficient (Wildman–Crippen LogP) is 3.07. The summed E-state index contributed by atoms with van der Waals surface area (Å²) < 4.78 is 39.0. The van der Waals surface area contributed by atoms with Crippen LogP contribution in [0.4, 0.5) is 18.9 Å². The number of amides is 1. The predicted molar refractivity (Wildman–Crippen MR) is 71.9 cm³/mol. The number of anilines is 1. The Morgan fingerprint density at radius 2 is 1.80 bits per heavy atom. The molecule has 0 radical (unpaired) electrons. The molecule has 1 aromatic rings. The van der Waals surface area contributed by atoms with Gasteiger partial charge < -0.3 is 10.6 Å². The number of carbonyl (C=O) groups is 1. The van der Waals surface area contributed by atoms with Crippen molar-refractivity contribution in [1.82, 2.24) is 5.32 Å². The fourth-order valence-electron chi connectivity index (χ4n) is 1.48. The second-order valence-electron chi connectivity index (χ2n) is 5.76. The van der Waals surface area contributed by atoms with Crippen molar-refractivity contribution in [2.45, 2.75) is 27.2 Å². The van der Waals surface area contributed by atoms with Crippen molar-refractivity contribution < 1.29 is 18.0 Å². The number of hydrogen-bond donors (Lipinski definition) is 2. The van der Waals surface area contributed by atoms with Gasteiger partial charge in [0.15, 0.2) is 17.5 Å². The molecule has 112 valence electrons. The molecule has 20 heavy (non-hydrogen) atoms. The van der Waals surface area contributed by atoms with E-state index in [1.54, 1.807) is 0 Å². The Morgan fingerprint density at radius 3 is 2.40 bits per heavy atom. The van der Waals surface area contributed by atoms with Crippen molar-refractivity contribution in [3.05, 3.63) is 29.6 Å². The average molecular weight is 288 g/mol. The number of hydrogen-bond acceptors (Lipinski definition) is 2. The quantitative estimate of drug-likeness (QED) is 0.646. The zero-order valence-electron chi connectivity index (χ0n) is 11.8. The third-order valence-corrected chi connectivity index (χ3v) is 2.65. The minimum absolute atomic E-state index is 0.0193. The maximum atomic E-state index is 13.3. The van der Waals surface area contributed by atoms with Gasteiger partial charge in [-0.05, 0) is 30.5 Å². The van der Waals surface area contributed by atoms with Crippen LogP contribution in [0.5, 0.6) is 0 Å². The zero-order chi connectivity index (χ0) is 15.3. The second kappa shape index (κ2) is 6.74. The number of carbonyl (C=O) groups excluding carboxylic acids is 1. The van der Waals surface area contributed by atoms with Crippen LogP contribution >= 0.6 is 0 Å². The number of benzene rings is 1. The van der Waals surface area contributed by atoms with Crippen molar-refractivity contribution in [3.8, 4) is 0 Å². The van der Waals surface area contributed by atoms with Gasteiger partial charge >= 0.3 is 0 Å². The highest BCUT2D eigenvalue weighted by atomic mass is 19.2. The lowest BCUT2D eigenvalue weighted by molar-refractivity contribution is -0.115. The largest absolute Gasteiger partial charge is 0.322 e. The van der Waals surface area contributed by atoms with Gasteiger partial charge in [-0.2, -0.15) is 0 Å². The van der Waals surface area contributed by atoms with Gasteiger partial charge in [0.1, 0.15) is 0 Å². The topological polar surface area (TPSA) is 41.1 Å². The normalized spacial score (nSPS) is 11.5. The van der Waals surface area contributed by atoms with Crippen molar-refractivity contribution in [3.63, 3.8) is 0 Å². The highest BCUT2D eigenvalue weighted by Crippen LogP contribution is 2.19. The van der Waals surface area contributed by atoms with Crippen LogP contribution in [0.15, 0.2) is 12.1 Å². The Bertz CT molecular complexity index is 484. The monoisotopic (exact) mass is 288 g/mol. The SMILES string of the molecule is CC(C)(C)CCNCC(=O)Nc1ccc(F)c(F)c1F. The van der Waals surface area contributed by atoms with E-state index in [9.17, 15) is 18.0 Å². The van der Waals surface area contributed by atoms with Gasteiger partial charge in [-0.15, -0.1) is 0 Å². The molecular weight excluding hydrogens is 269 g/mol. The highest BCUT2D eigenvalue weighted by molar-refractivity contribution is 5.92. The molecule has 6 heteroatoms. The van der Waals surface area contributed by atoms with Crippen molar-refractivity contribution in [2.24, 2.45) is 5.41 Å². The van der Waals surface area contributed by atoms with E-state index in [0.717, 1.165) is 18.6 Å². The molecule has 2 N–H and O–H groups in total. The molecule has 0 saturated heterocycles. The number of rotatable bonds is 5. The Morgan fingerprint density at radius 1 is 1.15 bits per heavy atom. The van der Waals surface area contributed by atoms with Crippen LogP contribution in [-0.4, -0.2) is 19.0 Å².